The average molecular weight is 327 g/mol. The summed E-state index contributed by atoms with van der Waals surface area (Å²) in [5.74, 6) is 0.129. The van der Waals surface area contributed by atoms with E-state index in [2.05, 4.69) is 23.7 Å². The Balaban J connectivity index is 2.26. The van der Waals surface area contributed by atoms with Gasteiger partial charge in [-0.3, -0.25) is 15.1 Å². The van der Waals surface area contributed by atoms with Crippen molar-refractivity contribution in [1.82, 2.24) is 0 Å². The summed E-state index contributed by atoms with van der Waals surface area (Å²) in [5, 5.41) is 21.1. The van der Waals surface area contributed by atoms with Gasteiger partial charge in [-0.2, -0.15) is 0 Å². The summed E-state index contributed by atoms with van der Waals surface area (Å²) in [4.78, 5) is 16.9. The molecule has 2 aromatic rings. The van der Waals surface area contributed by atoms with E-state index in [4.69, 9.17) is 0 Å². The molecule has 2 rings (SSSR count). The smallest absolute Gasteiger partial charge is 0.274 e. The van der Waals surface area contributed by atoms with Crippen molar-refractivity contribution in [2.45, 2.75) is 20.8 Å². The van der Waals surface area contributed by atoms with Gasteiger partial charge in [0.15, 0.2) is 0 Å². The van der Waals surface area contributed by atoms with Crippen molar-refractivity contribution >= 4 is 23.3 Å². The van der Waals surface area contributed by atoms with Gasteiger partial charge < -0.3 is 10.0 Å². The van der Waals surface area contributed by atoms with E-state index in [9.17, 15) is 15.2 Å². The lowest BCUT2D eigenvalue weighted by Crippen LogP contribution is -2.21. The van der Waals surface area contributed by atoms with Crippen molar-refractivity contribution in [3.8, 4) is 5.75 Å². The van der Waals surface area contributed by atoms with E-state index < -0.39 is 4.92 Å². The predicted molar refractivity (Wildman–Crippen MR) is 96.8 cm³/mol. The predicted octanol–water partition coefficient (Wildman–Crippen LogP) is 4.21. The van der Waals surface area contributed by atoms with E-state index in [0.29, 0.717) is 16.8 Å². The molecule has 0 unspecified atom stereocenters. The van der Waals surface area contributed by atoms with E-state index in [-0.39, 0.29) is 11.4 Å². The van der Waals surface area contributed by atoms with E-state index in [1.807, 2.05) is 6.07 Å². The molecule has 0 fully saturated rings. The molecule has 2 aromatic carbocycles. The fourth-order valence-electron chi connectivity index (χ4n) is 2.45. The lowest BCUT2D eigenvalue weighted by molar-refractivity contribution is -0.385. The molecule has 0 spiro atoms. The topological polar surface area (TPSA) is 79.0 Å². The number of aryl methyl sites for hydroxylation is 1. The number of aromatic hydroxyl groups is 1. The second kappa shape index (κ2) is 7.59. The molecule has 126 valence electrons. The van der Waals surface area contributed by atoms with Crippen LogP contribution in [0.4, 0.5) is 17.1 Å². The molecular weight excluding hydrogens is 306 g/mol. The summed E-state index contributed by atoms with van der Waals surface area (Å²) in [5.41, 5.74) is 2.60. The van der Waals surface area contributed by atoms with Gasteiger partial charge in [0.05, 0.1) is 10.6 Å². The first-order valence-electron chi connectivity index (χ1n) is 7.83. The molecule has 0 saturated heterocycles. The number of benzene rings is 2. The third-order valence-electron chi connectivity index (χ3n) is 3.88. The number of rotatable bonds is 6. The first-order chi connectivity index (χ1) is 11.5. The van der Waals surface area contributed by atoms with Crippen molar-refractivity contribution in [2.75, 3.05) is 18.0 Å². The van der Waals surface area contributed by atoms with Gasteiger partial charge in [-0.25, -0.2) is 0 Å². The highest BCUT2D eigenvalue weighted by atomic mass is 16.6. The summed E-state index contributed by atoms with van der Waals surface area (Å²) < 4.78 is 0. The van der Waals surface area contributed by atoms with Crippen LogP contribution in [0.2, 0.25) is 0 Å². The largest absolute Gasteiger partial charge is 0.507 e. The number of phenols is 1. The molecule has 0 aliphatic carbocycles. The quantitative estimate of drug-likeness (QED) is 0.490. The molecule has 0 atom stereocenters. The van der Waals surface area contributed by atoms with Crippen LogP contribution in [0.1, 0.15) is 25.0 Å². The molecule has 1 N–H and O–H groups in total. The minimum absolute atomic E-state index is 0.0331. The molecule has 0 aliphatic rings. The SMILES string of the molecule is CCN(CC)c1ccc(C=Nc2ccc(C)c([N+](=O)[O-])c2)c(O)c1. The third-order valence-corrected chi connectivity index (χ3v) is 3.88. The van der Waals surface area contributed by atoms with Gasteiger partial charge in [0.1, 0.15) is 5.75 Å². The van der Waals surface area contributed by atoms with Crippen molar-refractivity contribution in [3.63, 3.8) is 0 Å². The van der Waals surface area contributed by atoms with E-state index in [1.54, 1.807) is 31.2 Å². The van der Waals surface area contributed by atoms with Crippen molar-refractivity contribution in [1.29, 1.82) is 0 Å². The van der Waals surface area contributed by atoms with Crippen LogP contribution in [-0.4, -0.2) is 29.3 Å². The summed E-state index contributed by atoms with van der Waals surface area (Å²) in [6, 6.07) is 10.2. The number of aliphatic imine (C=N–C) groups is 1. The fraction of sp³-hybridized carbons (Fsp3) is 0.278. The van der Waals surface area contributed by atoms with E-state index >= 15 is 0 Å². The minimum atomic E-state index is -0.426. The Morgan fingerprint density at radius 2 is 1.92 bits per heavy atom. The molecule has 0 bridgehead atoms. The van der Waals surface area contributed by atoms with Gasteiger partial charge in [0, 0.05) is 48.3 Å². The van der Waals surface area contributed by atoms with Crippen LogP contribution in [0.25, 0.3) is 0 Å². The van der Waals surface area contributed by atoms with Crippen LogP contribution >= 0.6 is 0 Å². The van der Waals surface area contributed by atoms with Crippen LogP contribution in [0, 0.1) is 17.0 Å². The summed E-state index contributed by atoms with van der Waals surface area (Å²) in [7, 11) is 0. The van der Waals surface area contributed by atoms with Gasteiger partial charge >= 0.3 is 0 Å². The van der Waals surface area contributed by atoms with Gasteiger partial charge in [-0.1, -0.05) is 6.07 Å². The summed E-state index contributed by atoms with van der Waals surface area (Å²) in [6.07, 6.45) is 1.51. The Morgan fingerprint density at radius 1 is 1.21 bits per heavy atom. The van der Waals surface area contributed by atoms with Crippen LogP contribution in [-0.2, 0) is 0 Å². The van der Waals surface area contributed by atoms with Crippen LogP contribution in [0.15, 0.2) is 41.4 Å². The molecule has 0 amide bonds. The van der Waals surface area contributed by atoms with Crippen LogP contribution < -0.4 is 4.90 Å². The zero-order valence-corrected chi connectivity index (χ0v) is 14.1. The highest BCUT2D eigenvalue weighted by Gasteiger charge is 2.10. The second-order valence-corrected chi connectivity index (χ2v) is 5.40. The monoisotopic (exact) mass is 327 g/mol. The molecule has 0 aliphatic heterocycles. The average Bonchev–Trinajstić information content (AvgIpc) is 2.56. The van der Waals surface area contributed by atoms with Gasteiger partial charge in [-0.15, -0.1) is 0 Å². The Hall–Kier alpha value is -2.89. The van der Waals surface area contributed by atoms with Crippen LogP contribution in [0.3, 0.4) is 0 Å². The van der Waals surface area contributed by atoms with E-state index in [0.717, 1.165) is 18.8 Å². The molecule has 0 aromatic heterocycles. The Labute approximate surface area is 141 Å². The van der Waals surface area contributed by atoms with Crippen molar-refractivity contribution in [3.05, 3.63) is 57.6 Å². The highest BCUT2D eigenvalue weighted by molar-refractivity contribution is 5.86. The lowest BCUT2D eigenvalue weighted by atomic mass is 10.1. The highest BCUT2D eigenvalue weighted by Crippen LogP contribution is 2.26. The van der Waals surface area contributed by atoms with Gasteiger partial charge in [-0.05, 0) is 39.0 Å². The molecule has 0 radical (unpaired) electrons. The standard InChI is InChI=1S/C18H21N3O3/c1-4-20(5-2)16-9-7-14(18(22)11-16)12-19-15-8-6-13(3)17(10-15)21(23)24/h6-12,22H,4-5H2,1-3H3. The molecular formula is C18H21N3O3. The minimum Gasteiger partial charge on any atom is -0.507 e. The van der Waals surface area contributed by atoms with Crippen molar-refractivity contribution < 1.29 is 10.0 Å². The summed E-state index contributed by atoms with van der Waals surface area (Å²) in [6.45, 7) is 7.51. The normalized spacial score (nSPS) is 11.0. The zero-order chi connectivity index (χ0) is 17.7. The number of nitro groups is 1. The number of hydrogen-bond donors (Lipinski definition) is 1. The first-order valence-corrected chi connectivity index (χ1v) is 7.83. The number of phenolic OH excluding ortho intramolecular Hbond substituents is 1. The molecule has 6 heteroatoms. The Bertz CT molecular complexity index is 768. The first kappa shape index (κ1) is 17.5. The lowest BCUT2D eigenvalue weighted by Gasteiger charge is -2.21. The molecule has 0 heterocycles. The Morgan fingerprint density at radius 3 is 2.50 bits per heavy atom. The second-order valence-electron chi connectivity index (χ2n) is 5.40. The molecule has 24 heavy (non-hydrogen) atoms. The third kappa shape index (κ3) is 3.90. The maximum Gasteiger partial charge on any atom is 0.274 e. The number of hydrogen-bond acceptors (Lipinski definition) is 5. The number of anilines is 1. The number of nitrogens with zero attached hydrogens (tertiary/aromatic N) is 3. The Kier molecular flexibility index (Phi) is 5.52. The summed E-state index contributed by atoms with van der Waals surface area (Å²) >= 11 is 0. The van der Waals surface area contributed by atoms with Gasteiger partial charge in [0.2, 0.25) is 0 Å². The molecule has 0 saturated carbocycles. The maximum absolute atomic E-state index is 11.0. The fourth-order valence-corrected chi connectivity index (χ4v) is 2.45. The van der Waals surface area contributed by atoms with E-state index in [1.165, 1.54) is 12.3 Å². The number of nitro benzene ring substituents is 1. The van der Waals surface area contributed by atoms with Crippen LogP contribution in [0.5, 0.6) is 5.75 Å². The zero-order valence-electron chi connectivity index (χ0n) is 14.1. The molecule has 6 nitrogen and oxygen atoms in total. The van der Waals surface area contributed by atoms with Crippen molar-refractivity contribution in [2.24, 2.45) is 4.99 Å². The van der Waals surface area contributed by atoms with Gasteiger partial charge in [0.25, 0.3) is 5.69 Å². The maximum atomic E-state index is 11.0.